The van der Waals surface area contributed by atoms with Gasteiger partial charge < -0.3 is 4.74 Å². The van der Waals surface area contributed by atoms with Gasteiger partial charge in [-0.15, -0.1) is 6.42 Å². The van der Waals surface area contributed by atoms with Gasteiger partial charge in [-0.2, -0.15) is 0 Å². The van der Waals surface area contributed by atoms with Crippen LogP contribution >= 0.6 is 0 Å². The Hall–Kier alpha value is -1.06. The van der Waals surface area contributed by atoms with Gasteiger partial charge in [-0.05, 0) is 12.8 Å². The van der Waals surface area contributed by atoms with Gasteiger partial charge in [0.15, 0.2) is 0 Å². The zero-order valence-corrected chi connectivity index (χ0v) is 11.3. The molecule has 1 aliphatic heterocycles. The van der Waals surface area contributed by atoms with Crippen LogP contribution in [0.3, 0.4) is 0 Å². The highest BCUT2D eigenvalue weighted by Gasteiger charge is 2.67. The molecule has 0 aromatic carbocycles. The summed E-state index contributed by atoms with van der Waals surface area (Å²) in [6, 6.07) is 0. The molecule has 2 unspecified atom stereocenters. The molecule has 0 aromatic heterocycles. The normalized spacial score (nSPS) is 33.2. The van der Waals surface area contributed by atoms with Crippen molar-refractivity contribution in [3.63, 3.8) is 0 Å². The summed E-state index contributed by atoms with van der Waals surface area (Å²) < 4.78 is 31.5. The lowest BCUT2D eigenvalue weighted by molar-refractivity contribution is -0.154. The van der Waals surface area contributed by atoms with Crippen LogP contribution in [0.5, 0.6) is 0 Å². The Balaban J connectivity index is 2.24. The first-order valence-corrected chi connectivity index (χ1v) is 7.53. The van der Waals surface area contributed by atoms with Gasteiger partial charge in [-0.25, -0.2) is 13.1 Å². The third kappa shape index (κ3) is 1.82. The molecule has 1 aliphatic carbocycles. The maximum absolute atomic E-state index is 11.9. The van der Waals surface area contributed by atoms with Crippen LogP contribution in [0.25, 0.3) is 0 Å². The molecule has 2 bridgehead atoms. The third-order valence-electron chi connectivity index (χ3n) is 4.28. The van der Waals surface area contributed by atoms with E-state index >= 15 is 0 Å². The van der Waals surface area contributed by atoms with E-state index in [0.717, 1.165) is 0 Å². The van der Waals surface area contributed by atoms with Crippen molar-refractivity contribution in [2.45, 2.75) is 32.3 Å². The molecule has 1 saturated carbocycles. The summed E-state index contributed by atoms with van der Waals surface area (Å²) in [4.78, 5) is 11.7. The molecule has 6 heteroatoms. The Morgan fingerprint density at radius 1 is 1.56 bits per heavy atom. The van der Waals surface area contributed by atoms with Gasteiger partial charge in [0.25, 0.3) is 0 Å². The van der Waals surface area contributed by atoms with Crippen LogP contribution in [0.4, 0.5) is 0 Å². The molecule has 0 aromatic rings. The van der Waals surface area contributed by atoms with Crippen molar-refractivity contribution < 1.29 is 17.9 Å². The van der Waals surface area contributed by atoms with Crippen molar-refractivity contribution in [1.29, 1.82) is 0 Å². The number of carbonyl (C=O) groups excluding carboxylic acids is 1. The van der Waals surface area contributed by atoms with E-state index in [1.54, 1.807) is 0 Å². The van der Waals surface area contributed by atoms with Gasteiger partial charge in [-0.3, -0.25) is 4.79 Å². The second-order valence-corrected chi connectivity index (χ2v) is 7.32. The van der Waals surface area contributed by atoms with Crippen LogP contribution in [-0.4, -0.2) is 32.3 Å². The van der Waals surface area contributed by atoms with Crippen molar-refractivity contribution in [3.05, 3.63) is 0 Å². The van der Waals surface area contributed by atoms with Gasteiger partial charge in [0.1, 0.15) is 11.4 Å². The lowest BCUT2D eigenvalue weighted by Crippen LogP contribution is -2.48. The predicted molar refractivity (Wildman–Crippen MR) is 66.0 cm³/mol. The Bertz CT molecular complexity index is 517. The van der Waals surface area contributed by atoms with Gasteiger partial charge >= 0.3 is 5.97 Å². The van der Waals surface area contributed by atoms with E-state index < -0.39 is 21.0 Å². The Kier molecular flexibility index (Phi) is 2.95. The largest absolute Gasteiger partial charge is 0.457 e. The average molecular weight is 271 g/mol. The van der Waals surface area contributed by atoms with Crippen molar-refractivity contribution in [1.82, 2.24) is 4.72 Å². The van der Waals surface area contributed by atoms with E-state index in [1.807, 2.05) is 13.8 Å². The van der Waals surface area contributed by atoms with Crippen LogP contribution in [0.2, 0.25) is 0 Å². The second kappa shape index (κ2) is 3.97. The second-order valence-electron chi connectivity index (χ2n) is 5.51. The fourth-order valence-corrected chi connectivity index (χ4v) is 4.63. The summed E-state index contributed by atoms with van der Waals surface area (Å²) in [5.41, 5.74) is -1.36. The molecular formula is C12H17NO4S. The lowest BCUT2D eigenvalue weighted by atomic mass is 9.76. The van der Waals surface area contributed by atoms with Gasteiger partial charge in [-0.1, -0.05) is 19.8 Å². The zero-order chi connectivity index (χ0) is 13.6. The van der Waals surface area contributed by atoms with Crippen LogP contribution in [-0.2, 0) is 19.6 Å². The summed E-state index contributed by atoms with van der Waals surface area (Å²) in [5.74, 6) is 1.54. The molecule has 1 saturated heterocycles. The van der Waals surface area contributed by atoms with E-state index in [9.17, 15) is 13.2 Å². The van der Waals surface area contributed by atoms with E-state index in [4.69, 9.17) is 11.2 Å². The SMILES string of the molecule is C#CCNS(=O)(=O)CC12CCC(C(=O)O1)C2(C)C. The fraction of sp³-hybridized carbons (Fsp3) is 0.750. The van der Waals surface area contributed by atoms with E-state index in [1.165, 1.54) is 0 Å². The monoisotopic (exact) mass is 271 g/mol. The minimum absolute atomic E-state index is 0.0454. The molecule has 0 amide bonds. The molecule has 18 heavy (non-hydrogen) atoms. The number of hydrogen-bond donors (Lipinski definition) is 1. The van der Waals surface area contributed by atoms with E-state index in [0.29, 0.717) is 12.8 Å². The van der Waals surface area contributed by atoms with Crippen LogP contribution in [0.1, 0.15) is 26.7 Å². The summed E-state index contributed by atoms with van der Waals surface area (Å²) in [7, 11) is -3.54. The lowest BCUT2D eigenvalue weighted by Gasteiger charge is -2.34. The third-order valence-corrected chi connectivity index (χ3v) is 5.71. The number of hydrogen-bond acceptors (Lipinski definition) is 4. The standard InChI is InChI=1S/C12H17NO4S/c1-4-7-13-18(15,16)8-12-6-5-9(10(14)17-12)11(12,2)3/h1,9,13H,5-8H2,2-3H3. The Labute approximate surface area is 107 Å². The van der Waals surface area contributed by atoms with Crippen LogP contribution < -0.4 is 4.72 Å². The van der Waals surface area contributed by atoms with E-state index in [2.05, 4.69) is 10.6 Å². The number of terminal acetylenes is 1. The Morgan fingerprint density at radius 3 is 2.67 bits per heavy atom. The first-order valence-electron chi connectivity index (χ1n) is 5.88. The summed E-state index contributed by atoms with van der Waals surface area (Å²) in [6.45, 7) is 3.74. The zero-order valence-electron chi connectivity index (χ0n) is 10.5. The first kappa shape index (κ1) is 13.4. The molecule has 2 aliphatic rings. The number of rotatable bonds is 4. The minimum atomic E-state index is -3.54. The fourth-order valence-electron chi connectivity index (χ4n) is 3.03. The first-order chi connectivity index (χ1) is 8.24. The molecule has 5 nitrogen and oxygen atoms in total. The van der Waals surface area contributed by atoms with Crippen molar-refractivity contribution >= 4 is 16.0 Å². The summed E-state index contributed by atoms with van der Waals surface area (Å²) >= 11 is 0. The van der Waals surface area contributed by atoms with Crippen molar-refractivity contribution in [2.75, 3.05) is 12.3 Å². The maximum Gasteiger partial charge on any atom is 0.310 e. The molecular weight excluding hydrogens is 254 g/mol. The molecule has 0 radical (unpaired) electrons. The van der Waals surface area contributed by atoms with Crippen LogP contribution in [0, 0.1) is 23.7 Å². The molecule has 2 fully saturated rings. The molecule has 2 atom stereocenters. The van der Waals surface area contributed by atoms with Crippen molar-refractivity contribution in [2.24, 2.45) is 11.3 Å². The van der Waals surface area contributed by atoms with Crippen molar-refractivity contribution in [3.8, 4) is 12.3 Å². The molecule has 2 rings (SSSR count). The van der Waals surface area contributed by atoms with Gasteiger partial charge in [0, 0.05) is 5.41 Å². The molecule has 1 heterocycles. The van der Waals surface area contributed by atoms with Gasteiger partial charge in [0.05, 0.1) is 12.5 Å². The number of esters is 1. The summed E-state index contributed by atoms with van der Waals surface area (Å²) in [6.07, 6.45) is 6.31. The van der Waals surface area contributed by atoms with Gasteiger partial charge in [0.2, 0.25) is 10.0 Å². The quantitative estimate of drug-likeness (QED) is 0.588. The number of sulfonamides is 1. The average Bonchev–Trinajstić information content (AvgIpc) is 2.57. The topological polar surface area (TPSA) is 72.5 Å². The smallest absolute Gasteiger partial charge is 0.310 e. The molecule has 100 valence electrons. The maximum atomic E-state index is 11.9. The highest BCUT2D eigenvalue weighted by Crippen LogP contribution is 2.58. The number of carbonyl (C=O) groups is 1. The number of ether oxygens (including phenoxy) is 1. The van der Waals surface area contributed by atoms with E-state index in [-0.39, 0.29) is 24.2 Å². The molecule has 0 spiro atoms. The minimum Gasteiger partial charge on any atom is -0.457 e. The molecule has 1 N–H and O–H groups in total. The van der Waals surface area contributed by atoms with Crippen LogP contribution in [0.15, 0.2) is 0 Å². The highest BCUT2D eigenvalue weighted by molar-refractivity contribution is 7.89. The Morgan fingerprint density at radius 2 is 2.22 bits per heavy atom. The summed E-state index contributed by atoms with van der Waals surface area (Å²) in [5, 5.41) is 0. The highest BCUT2D eigenvalue weighted by atomic mass is 32.2. The number of fused-ring (bicyclic) bond motifs is 2. The number of nitrogens with one attached hydrogen (secondary N) is 1. The predicted octanol–water partition coefficient (Wildman–Crippen LogP) is 0.271.